The van der Waals surface area contributed by atoms with Crippen LogP contribution in [-0.2, 0) is 4.79 Å². The second-order valence-corrected chi connectivity index (χ2v) is 6.94. The molecule has 3 aromatic rings. The second-order valence-electron chi connectivity index (χ2n) is 5.04. The minimum Gasteiger partial charge on any atom is -0.494 e. The number of hydrogen-bond donors (Lipinski definition) is 1. The van der Waals surface area contributed by atoms with E-state index >= 15 is 0 Å². The van der Waals surface area contributed by atoms with Gasteiger partial charge in [0, 0.05) is 15.8 Å². The van der Waals surface area contributed by atoms with E-state index in [1.54, 1.807) is 17.5 Å². The van der Waals surface area contributed by atoms with Gasteiger partial charge in [-0.15, -0.1) is 23.1 Å². The molecule has 0 unspecified atom stereocenters. The van der Waals surface area contributed by atoms with Crippen LogP contribution in [0.4, 0.5) is 9.52 Å². The number of thioether (sulfide) groups is 1. The average Bonchev–Trinajstić information content (AvgIpc) is 3.09. The lowest BCUT2D eigenvalue weighted by Gasteiger charge is -2.03. The molecule has 1 aromatic heterocycles. The molecule has 25 heavy (non-hydrogen) atoms. The summed E-state index contributed by atoms with van der Waals surface area (Å²) in [4.78, 5) is 17.4. The third-order valence-corrected chi connectivity index (χ3v) is 5.08. The summed E-state index contributed by atoms with van der Waals surface area (Å²) < 4.78 is 18.7. The number of nitrogens with zero attached hydrogens (tertiary/aromatic N) is 1. The fraction of sp³-hybridized carbons (Fsp3) is 0.111. The maximum Gasteiger partial charge on any atom is 0.236 e. The van der Waals surface area contributed by atoms with Crippen LogP contribution in [0.3, 0.4) is 0 Å². The van der Waals surface area contributed by atoms with Crippen LogP contribution in [0.2, 0.25) is 0 Å². The van der Waals surface area contributed by atoms with Crippen molar-refractivity contribution < 1.29 is 13.9 Å². The SMILES string of the molecule is COc1ccc(-c2csc(NC(=O)CSc3ccccc3)n2)cc1F. The Labute approximate surface area is 153 Å². The first-order valence-corrected chi connectivity index (χ1v) is 9.29. The van der Waals surface area contributed by atoms with E-state index in [1.165, 1.54) is 36.3 Å². The summed E-state index contributed by atoms with van der Waals surface area (Å²) in [6.07, 6.45) is 0. The molecule has 0 aliphatic rings. The molecule has 1 heterocycles. The molecule has 128 valence electrons. The Bertz CT molecular complexity index is 869. The van der Waals surface area contributed by atoms with Crippen molar-refractivity contribution >= 4 is 34.1 Å². The van der Waals surface area contributed by atoms with Crippen LogP contribution in [0.15, 0.2) is 58.8 Å². The molecule has 0 aliphatic heterocycles. The van der Waals surface area contributed by atoms with Gasteiger partial charge >= 0.3 is 0 Å². The van der Waals surface area contributed by atoms with Crippen molar-refractivity contribution in [3.05, 3.63) is 59.7 Å². The van der Waals surface area contributed by atoms with Gasteiger partial charge in [0.2, 0.25) is 5.91 Å². The third kappa shape index (κ3) is 4.58. The van der Waals surface area contributed by atoms with Gasteiger partial charge in [0.05, 0.1) is 18.6 Å². The Hall–Kier alpha value is -2.38. The van der Waals surface area contributed by atoms with Crippen LogP contribution < -0.4 is 10.1 Å². The smallest absolute Gasteiger partial charge is 0.236 e. The number of nitrogens with one attached hydrogen (secondary N) is 1. The van der Waals surface area contributed by atoms with Gasteiger partial charge in [-0.2, -0.15) is 0 Å². The minimum atomic E-state index is -0.446. The Kier molecular flexibility index (Phi) is 5.67. The molecule has 0 bridgehead atoms. The van der Waals surface area contributed by atoms with E-state index < -0.39 is 5.82 Å². The molecule has 2 aromatic carbocycles. The summed E-state index contributed by atoms with van der Waals surface area (Å²) in [5, 5.41) is 5.04. The molecule has 3 rings (SSSR count). The van der Waals surface area contributed by atoms with Crippen molar-refractivity contribution in [2.24, 2.45) is 0 Å². The van der Waals surface area contributed by atoms with Gasteiger partial charge in [-0.05, 0) is 30.3 Å². The highest BCUT2D eigenvalue weighted by molar-refractivity contribution is 8.00. The number of benzene rings is 2. The van der Waals surface area contributed by atoms with Crippen LogP contribution in [0.5, 0.6) is 5.75 Å². The van der Waals surface area contributed by atoms with E-state index in [-0.39, 0.29) is 11.7 Å². The normalized spacial score (nSPS) is 10.5. The first kappa shape index (κ1) is 17.4. The standard InChI is InChI=1S/C18H15FN2O2S2/c1-23-16-8-7-12(9-14(16)19)15-10-25-18(20-15)21-17(22)11-24-13-5-3-2-4-6-13/h2-10H,11H2,1H3,(H,20,21,22). The van der Waals surface area contributed by atoms with E-state index in [1.807, 2.05) is 30.3 Å². The van der Waals surface area contributed by atoms with E-state index in [2.05, 4.69) is 10.3 Å². The van der Waals surface area contributed by atoms with Crippen LogP contribution in [0.25, 0.3) is 11.3 Å². The summed E-state index contributed by atoms with van der Waals surface area (Å²) in [7, 11) is 1.42. The Morgan fingerprint density at radius 1 is 1.28 bits per heavy atom. The number of hydrogen-bond acceptors (Lipinski definition) is 5. The van der Waals surface area contributed by atoms with Gasteiger partial charge in [0.25, 0.3) is 0 Å². The Morgan fingerprint density at radius 3 is 2.80 bits per heavy atom. The molecule has 0 spiro atoms. The highest BCUT2D eigenvalue weighted by Gasteiger charge is 2.11. The molecule has 0 atom stereocenters. The molecule has 0 saturated carbocycles. The molecule has 7 heteroatoms. The van der Waals surface area contributed by atoms with Crippen LogP contribution in [-0.4, -0.2) is 23.8 Å². The molecule has 0 saturated heterocycles. The Morgan fingerprint density at radius 2 is 2.08 bits per heavy atom. The van der Waals surface area contributed by atoms with Crippen molar-refractivity contribution in [1.29, 1.82) is 0 Å². The van der Waals surface area contributed by atoms with Gasteiger partial charge in [0.1, 0.15) is 0 Å². The third-order valence-electron chi connectivity index (χ3n) is 3.31. The molecular weight excluding hydrogens is 359 g/mol. The number of anilines is 1. The van der Waals surface area contributed by atoms with Crippen LogP contribution in [0.1, 0.15) is 0 Å². The summed E-state index contributed by atoms with van der Waals surface area (Å²) >= 11 is 2.76. The predicted octanol–water partition coefficient (Wildman–Crippen LogP) is 4.69. The average molecular weight is 374 g/mol. The minimum absolute atomic E-state index is 0.129. The number of halogens is 1. The lowest BCUT2D eigenvalue weighted by atomic mass is 10.1. The van der Waals surface area contributed by atoms with Crippen molar-refractivity contribution in [2.45, 2.75) is 4.90 Å². The van der Waals surface area contributed by atoms with Crippen molar-refractivity contribution in [3.63, 3.8) is 0 Å². The quantitative estimate of drug-likeness (QED) is 0.636. The van der Waals surface area contributed by atoms with Crippen LogP contribution >= 0.6 is 23.1 Å². The highest BCUT2D eigenvalue weighted by atomic mass is 32.2. The number of carbonyl (C=O) groups is 1. The summed E-state index contributed by atoms with van der Waals surface area (Å²) in [6, 6.07) is 14.4. The van der Waals surface area contributed by atoms with Crippen molar-refractivity contribution in [1.82, 2.24) is 4.98 Å². The fourth-order valence-electron chi connectivity index (χ4n) is 2.11. The Balaban J connectivity index is 1.61. The van der Waals surface area contributed by atoms with E-state index in [0.29, 0.717) is 22.1 Å². The van der Waals surface area contributed by atoms with Crippen LogP contribution in [0, 0.1) is 5.82 Å². The number of thiazole rings is 1. The first-order chi connectivity index (χ1) is 12.2. The number of methoxy groups -OCH3 is 1. The van der Waals surface area contributed by atoms with E-state index in [9.17, 15) is 9.18 Å². The van der Waals surface area contributed by atoms with Gasteiger partial charge in [0.15, 0.2) is 16.7 Å². The predicted molar refractivity (Wildman–Crippen MR) is 99.9 cm³/mol. The highest BCUT2D eigenvalue weighted by Crippen LogP contribution is 2.28. The zero-order valence-corrected chi connectivity index (χ0v) is 15.0. The maximum atomic E-state index is 13.8. The van der Waals surface area contributed by atoms with Crippen molar-refractivity contribution in [3.8, 4) is 17.0 Å². The number of rotatable bonds is 6. The maximum absolute atomic E-state index is 13.8. The summed E-state index contributed by atoms with van der Waals surface area (Å²) in [6.45, 7) is 0. The number of ether oxygens (including phenoxy) is 1. The van der Waals surface area contributed by atoms with E-state index in [0.717, 1.165) is 4.90 Å². The number of carbonyl (C=O) groups excluding carboxylic acids is 1. The van der Waals surface area contributed by atoms with E-state index in [4.69, 9.17) is 4.74 Å². The van der Waals surface area contributed by atoms with Gasteiger partial charge < -0.3 is 10.1 Å². The molecule has 0 radical (unpaired) electrons. The number of amides is 1. The lowest BCUT2D eigenvalue weighted by molar-refractivity contribution is -0.113. The molecule has 0 fully saturated rings. The topological polar surface area (TPSA) is 51.2 Å². The molecule has 0 aliphatic carbocycles. The summed E-state index contributed by atoms with van der Waals surface area (Å²) in [5.41, 5.74) is 1.24. The summed E-state index contributed by atoms with van der Waals surface area (Å²) in [5.74, 6) is -0.0882. The van der Waals surface area contributed by atoms with Gasteiger partial charge in [-0.1, -0.05) is 18.2 Å². The lowest BCUT2D eigenvalue weighted by Crippen LogP contribution is -2.13. The molecule has 4 nitrogen and oxygen atoms in total. The zero-order chi connectivity index (χ0) is 17.6. The monoisotopic (exact) mass is 374 g/mol. The largest absolute Gasteiger partial charge is 0.494 e. The zero-order valence-electron chi connectivity index (χ0n) is 13.4. The number of aromatic nitrogens is 1. The van der Waals surface area contributed by atoms with Gasteiger partial charge in [-0.25, -0.2) is 9.37 Å². The first-order valence-electron chi connectivity index (χ1n) is 7.43. The molecule has 1 N–H and O–H groups in total. The van der Waals surface area contributed by atoms with Crippen molar-refractivity contribution in [2.75, 3.05) is 18.2 Å². The second kappa shape index (κ2) is 8.13. The molecular formula is C18H15FN2O2S2. The van der Waals surface area contributed by atoms with Gasteiger partial charge in [-0.3, -0.25) is 4.79 Å². The fourth-order valence-corrected chi connectivity index (χ4v) is 3.57. The molecule has 1 amide bonds.